The van der Waals surface area contributed by atoms with E-state index in [9.17, 15) is 0 Å². The van der Waals surface area contributed by atoms with Crippen LogP contribution in [0.2, 0.25) is 0 Å². The van der Waals surface area contributed by atoms with Crippen LogP contribution in [-0.2, 0) is 0 Å². The molecule has 0 nitrogen and oxygen atoms in total. The first kappa shape index (κ1) is 17.9. The summed E-state index contributed by atoms with van der Waals surface area (Å²) in [4.78, 5) is 0. The van der Waals surface area contributed by atoms with Gasteiger partial charge in [-0.25, -0.2) is 0 Å². The standard InChI is InChI=1S/C14H35BP2/c1-5-8-11-17(12-9-6-2,13-10-7-3)14(15)16-4/h14,16-17H,5-13,15H2,1-4H3. The van der Waals surface area contributed by atoms with E-state index in [1.165, 1.54) is 47.1 Å². The molecule has 0 aliphatic carbocycles. The SMILES string of the molecule is BC(PC)[PH](CCCC)(CCCC)CCCC. The molecule has 0 amide bonds. The van der Waals surface area contributed by atoms with Gasteiger partial charge in [0.1, 0.15) is 0 Å². The van der Waals surface area contributed by atoms with E-state index in [1.54, 1.807) is 18.5 Å². The Bertz CT molecular complexity index is 152. The number of rotatable bonds is 11. The zero-order valence-corrected chi connectivity index (χ0v) is 14.9. The fourth-order valence-electron chi connectivity index (χ4n) is 2.92. The van der Waals surface area contributed by atoms with Crippen molar-refractivity contribution in [2.45, 2.75) is 64.6 Å². The maximum absolute atomic E-state index is 2.58. The Hall–Kier alpha value is 0.925. The van der Waals surface area contributed by atoms with Gasteiger partial charge in [0.2, 0.25) is 0 Å². The molecule has 2 atom stereocenters. The zero-order valence-electron chi connectivity index (χ0n) is 12.9. The predicted octanol–water partition coefficient (Wildman–Crippen LogP) is 4.36. The topological polar surface area (TPSA) is 0 Å². The molecule has 0 saturated carbocycles. The summed E-state index contributed by atoms with van der Waals surface area (Å²) in [5.41, 5.74) is 0. The van der Waals surface area contributed by atoms with E-state index in [0.29, 0.717) is 0 Å². The molecule has 0 radical (unpaired) electrons. The van der Waals surface area contributed by atoms with Gasteiger partial charge in [0, 0.05) is 0 Å². The molecule has 0 rings (SSSR count). The first-order valence-corrected chi connectivity index (χ1v) is 12.1. The fourth-order valence-corrected chi connectivity index (χ4v) is 11.9. The van der Waals surface area contributed by atoms with E-state index < -0.39 is 7.26 Å². The van der Waals surface area contributed by atoms with Gasteiger partial charge in [-0.05, 0) is 0 Å². The van der Waals surface area contributed by atoms with E-state index in [0.717, 1.165) is 5.30 Å². The molecule has 0 bridgehead atoms. The number of hydrogen-bond acceptors (Lipinski definition) is 0. The quantitative estimate of drug-likeness (QED) is 0.388. The molecule has 3 heteroatoms. The first-order chi connectivity index (χ1) is 8.16. The van der Waals surface area contributed by atoms with Gasteiger partial charge in [-0.3, -0.25) is 0 Å². The molecule has 0 fully saturated rings. The normalized spacial score (nSPS) is 15.5. The van der Waals surface area contributed by atoms with Crippen LogP contribution in [0.1, 0.15) is 59.3 Å². The third kappa shape index (κ3) is 6.59. The van der Waals surface area contributed by atoms with Crippen LogP contribution >= 0.6 is 15.8 Å². The second kappa shape index (κ2) is 10.8. The Balaban J connectivity index is 4.63. The van der Waals surface area contributed by atoms with Crippen LogP contribution in [0.15, 0.2) is 0 Å². The van der Waals surface area contributed by atoms with Crippen LogP contribution in [0, 0.1) is 0 Å². The van der Waals surface area contributed by atoms with Gasteiger partial charge in [0.05, 0.1) is 0 Å². The molecule has 0 aliphatic heterocycles. The Morgan fingerprint density at radius 2 is 1.24 bits per heavy atom. The molecular formula is C14H35BP2. The van der Waals surface area contributed by atoms with Gasteiger partial charge < -0.3 is 0 Å². The van der Waals surface area contributed by atoms with Gasteiger partial charge in [0.15, 0.2) is 0 Å². The predicted molar refractivity (Wildman–Crippen MR) is 94.2 cm³/mol. The maximum atomic E-state index is 2.58. The van der Waals surface area contributed by atoms with Crippen molar-refractivity contribution in [3.8, 4) is 0 Å². The van der Waals surface area contributed by atoms with Crippen molar-refractivity contribution < 1.29 is 0 Å². The Morgan fingerprint density at radius 1 is 0.882 bits per heavy atom. The fraction of sp³-hybridized carbons (Fsp3) is 1.00. The molecular weight excluding hydrogens is 241 g/mol. The first-order valence-electron chi connectivity index (χ1n) is 7.84. The summed E-state index contributed by atoms with van der Waals surface area (Å²) in [6.07, 6.45) is 13.5. The van der Waals surface area contributed by atoms with Crippen molar-refractivity contribution in [2.24, 2.45) is 0 Å². The second-order valence-electron chi connectivity index (χ2n) is 5.68. The van der Waals surface area contributed by atoms with E-state index in [4.69, 9.17) is 0 Å². The van der Waals surface area contributed by atoms with Gasteiger partial charge >= 0.3 is 113 Å². The molecule has 0 aliphatic rings. The van der Waals surface area contributed by atoms with Crippen molar-refractivity contribution >= 4 is 23.7 Å². The van der Waals surface area contributed by atoms with Crippen molar-refractivity contribution in [1.82, 2.24) is 0 Å². The van der Waals surface area contributed by atoms with Gasteiger partial charge in [0.25, 0.3) is 0 Å². The summed E-state index contributed by atoms with van der Waals surface area (Å²) < 4.78 is 0. The minimum absolute atomic E-state index is 0.949. The van der Waals surface area contributed by atoms with Crippen molar-refractivity contribution in [3.05, 3.63) is 0 Å². The molecule has 0 N–H and O–H groups in total. The van der Waals surface area contributed by atoms with Crippen LogP contribution in [-0.4, -0.2) is 38.3 Å². The summed E-state index contributed by atoms with van der Waals surface area (Å²) >= 11 is 0. The summed E-state index contributed by atoms with van der Waals surface area (Å²) in [5.74, 6) is 0. The van der Waals surface area contributed by atoms with E-state index in [-0.39, 0.29) is 0 Å². The number of unbranched alkanes of at least 4 members (excludes halogenated alkanes) is 3. The minimum atomic E-state index is -0.949. The Labute approximate surface area is 114 Å². The van der Waals surface area contributed by atoms with Crippen molar-refractivity contribution in [2.75, 3.05) is 25.2 Å². The van der Waals surface area contributed by atoms with Crippen LogP contribution in [0.4, 0.5) is 0 Å². The monoisotopic (exact) mass is 276 g/mol. The Kier molecular flexibility index (Phi) is 11.4. The molecule has 0 aromatic rings. The molecule has 2 unspecified atom stereocenters. The molecule has 17 heavy (non-hydrogen) atoms. The number of hydrogen-bond donors (Lipinski definition) is 0. The van der Waals surface area contributed by atoms with Crippen molar-refractivity contribution in [3.63, 3.8) is 0 Å². The van der Waals surface area contributed by atoms with Gasteiger partial charge in [-0.1, -0.05) is 0 Å². The summed E-state index contributed by atoms with van der Waals surface area (Å²) in [5, 5.41) is 1.08. The average Bonchev–Trinajstić information content (AvgIpc) is 2.37. The second-order valence-corrected chi connectivity index (χ2v) is 12.8. The van der Waals surface area contributed by atoms with Crippen LogP contribution in [0.5, 0.6) is 0 Å². The zero-order chi connectivity index (χ0) is 13.1. The van der Waals surface area contributed by atoms with E-state index >= 15 is 0 Å². The molecule has 0 heterocycles. The third-order valence-electron chi connectivity index (χ3n) is 4.44. The van der Waals surface area contributed by atoms with E-state index in [1.807, 2.05) is 0 Å². The van der Waals surface area contributed by atoms with Crippen LogP contribution in [0.3, 0.4) is 0 Å². The molecule has 104 valence electrons. The van der Waals surface area contributed by atoms with Crippen molar-refractivity contribution in [1.29, 1.82) is 0 Å². The summed E-state index contributed by atoms with van der Waals surface area (Å²) in [7, 11) is 2.80. The molecule has 0 aromatic carbocycles. The average molecular weight is 276 g/mol. The Morgan fingerprint density at radius 3 is 1.47 bits per heavy atom. The summed E-state index contributed by atoms with van der Waals surface area (Å²) in [6, 6.07) is 0. The molecule has 0 spiro atoms. The van der Waals surface area contributed by atoms with Gasteiger partial charge in [-0.2, -0.15) is 0 Å². The molecule has 0 aromatic heterocycles. The van der Waals surface area contributed by atoms with E-state index in [2.05, 4.69) is 35.3 Å². The van der Waals surface area contributed by atoms with Crippen LogP contribution in [0.25, 0.3) is 0 Å². The van der Waals surface area contributed by atoms with Crippen LogP contribution < -0.4 is 0 Å². The summed E-state index contributed by atoms with van der Waals surface area (Å²) in [6.45, 7) is 9.52. The third-order valence-corrected chi connectivity index (χ3v) is 13.9. The van der Waals surface area contributed by atoms with Gasteiger partial charge in [-0.15, -0.1) is 0 Å². The molecule has 0 saturated heterocycles.